The first-order valence-corrected chi connectivity index (χ1v) is 5.34. The number of carbonyl (C=O) groups is 1. The highest BCUT2D eigenvalue weighted by molar-refractivity contribution is 9.10. The van der Waals surface area contributed by atoms with Gasteiger partial charge in [0.2, 0.25) is 0 Å². The molecule has 0 unspecified atom stereocenters. The molecule has 1 heterocycles. The Bertz CT molecular complexity index is 531. The van der Waals surface area contributed by atoms with Crippen molar-refractivity contribution in [2.75, 3.05) is 0 Å². The van der Waals surface area contributed by atoms with Crippen LogP contribution in [-0.2, 0) is 11.3 Å². The van der Waals surface area contributed by atoms with Crippen molar-refractivity contribution in [1.29, 1.82) is 0 Å². The molecule has 3 nitrogen and oxygen atoms in total. The van der Waals surface area contributed by atoms with Gasteiger partial charge in [0.1, 0.15) is 6.54 Å². The van der Waals surface area contributed by atoms with E-state index < -0.39 is 5.97 Å². The van der Waals surface area contributed by atoms with Crippen LogP contribution in [-0.4, -0.2) is 15.6 Å². The van der Waals surface area contributed by atoms with Gasteiger partial charge in [-0.2, -0.15) is 0 Å². The first-order valence-electron chi connectivity index (χ1n) is 4.55. The first-order chi connectivity index (χ1) is 7.08. The average molecular weight is 268 g/mol. The lowest BCUT2D eigenvalue weighted by Gasteiger charge is -2.05. The van der Waals surface area contributed by atoms with E-state index in [1.165, 1.54) is 0 Å². The topological polar surface area (TPSA) is 42.2 Å². The zero-order valence-electron chi connectivity index (χ0n) is 8.20. The molecule has 1 aromatic carbocycles. The van der Waals surface area contributed by atoms with E-state index in [1.54, 1.807) is 10.8 Å². The number of carboxylic acids is 1. The molecule has 0 radical (unpaired) electrons. The predicted octanol–water partition coefficient (Wildman–Crippen LogP) is 2.80. The Hall–Kier alpha value is -1.29. The number of halogens is 1. The number of benzene rings is 1. The molecule has 4 heteroatoms. The molecule has 1 N–H and O–H groups in total. The number of hydrogen-bond acceptors (Lipinski definition) is 1. The maximum atomic E-state index is 10.7. The second kappa shape index (κ2) is 3.70. The van der Waals surface area contributed by atoms with Gasteiger partial charge in [0.05, 0.1) is 5.52 Å². The fraction of sp³-hybridized carbons (Fsp3) is 0.182. The zero-order valence-corrected chi connectivity index (χ0v) is 9.78. The molecule has 0 bridgehead atoms. The zero-order chi connectivity index (χ0) is 11.0. The van der Waals surface area contributed by atoms with E-state index in [0.29, 0.717) is 0 Å². The third-order valence-electron chi connectivity index (χ3n) is 2.32. The summed E-state index contributed by atoms with van der Waals surface area (Å²) in [5.74, 6) is -0.824. The minimum atomic E-state index is -0.824. The number of hydrogen-bond donors (Lipinski definition) is 1. The summed E-state index contributed by atoms with van der Waals surface area (Å²) in [5.41, 5.74) is 2.06. The quantitative estimate of drug-likeness (QED) is 0.909. The van der Waals surface area contributed by atoms with Gasteiger partial charge in [0.15, 0.2) is 0 Å². The van der Waals surface area contributed by atoms with Crippen molar-refractivity contribution in [3.63, 3.8) is 0 Å². The molecule has 0 saturated heterocycles. The van der Waals surface area contributed by atoms with Crippen LogP contribution in [0.4, 0.5) is 0 Å². The molecule has 0 amide bonds. The van der Waals surface area contributed by atoms with Gasteiger partial charge >= 0.3 is 5.97 Å². The fourth-order valence-corrected chi connectivity index (χ4v) is 2.39. The number of carboxylic acid groups (broad SMARTS) is 1. The summed E-state index contributed by atoms with van der Waals surface area (Å²) in [7, 11) is 0. The van der Waals surface area contributed by atoms with Gasteiger partial charge in [-0.05, 0) is 30.7 Å². The van der Waals surface area contributed by atoms with E-state index >= 15 is 0 Å². The second-order valence-corrected chi connectivity index (χ2v) is 4.41. The Balaban J connectivity index is 2.63. The van der Waals surface area contributed by atoms with Crippen LogP contribution in [0.15, 0.2) is 28.9 Å². The number of aliphatic carboxylic acids is 1. The summed E-state index contributed by atoms with van der Waals surface area (Å²) in [6.07, 6.45) is 1.80. The van der Waals surface area contributed by atoms with Crippen molar-refractivity contribution in [3.8, 4) is 0 Å². The number of aromatic nitrogens is 1. The fourth-order valence-electron chi connectivity index (χ4n) is 1.80. The SMILES string of the molecule is Cc1cc(Br)cc2ccn(CC(=O)O)c12. The predicted molar refractivity (Wildman–Crippen MR) is 62.0 cm³/mol. The highest BCUT2D eigenvalue weighted by atomic mass is 79.9. The Morgan fingerprint density at radius 3 is 2.93 bits per heavy atom. The van der Waals surface area contributed by atoms with E-state index in [1.807, 2.05) is 25.1 Å². The second-order valence-electron chi connectivity index (χ2n) is 3.50. The lowest BCUT2D eigenvalue weighted by Crippen LogP contribution is -2.07. The number of nitrogens with zero attached hydrogens (tertiary/aromatic N) is 1. The summed E-state index contributed by atoms with van der Waals surface area (Å²) in [5, 5.41) is 9.82. The van der Waals surface area contributed by atoms with Gasteiger partial charge < -0.3 is 9.67 Å². The van der Waals surface area contributed by atoms with E-state index in [4.69, 9.17) is 5.11 Å². The van der Waals surface area contributed by atoms with Crippen LogP contribution >= 0.6 is 15.9 Å². The molecule has 78 valence electrons. The Morgan fingerprint density at radius 1 is 1.53 bits per heavy atom. The number of fused-ring (bicyclic) bond motifs is 1. The van der Waals surface area contributed by atoms with Gasteiger partial charge in [-0.3, -0.25) is 4.79 Å². The van der Waals surface area contributed by atoms with Crippen LogP contribution < -0.4 is 0 Å². The molecule has 0 fully saturated rings. The van der Waals surface area contributed by atoms with E-state index in [2.05, 4.69) is 15.9 Å². The molecule has 0 atom stereocenters. The number of aryl methyl sites for hydroxylation is 1. The van der Waals surface area contributed by atoms with Crippen LogP contribution in [0.1, 0.15) is 5.56 Å². The molecule has 0 aliphatic heterocycles. The maximum absolute atomic E-state index is 10.7. The largest absolute Gasteiger partial charge is 0.480 e. The minimum Gasteiger partial charge on any atom is -0.480 e. The minimum absolute atomic E-state index is 0.00592. The first kappa shape index (κ1) is 10.2. The monoisotopic (exact) mass is 267 g/mol. The maximum Gasteiger partial charge on any atom is 0.323 e. The van der Waals surface area contributed by atoms with Crippen molar-refractivity contribution in [3.05, 3.63) is 34.4 Å². The third-order valence-corrected chi connectivity index (χ3v) is 2.78. The van der Waals surface area contributed by atoms with Crippen molar-refractivity contribution in [2.24, 2.45) is 0 Å². The highest BCUT2D eigenvalue weighted by Crippen LogP contribution is 2.24. The van der Waals surface area contributed by atoms with Crippen LogP contribution in [0.25, 0.3) is 10.9 Å². The van der Waals surface area contributed by atoms with Crippen LogP contribution in [0.3, 0.4) is 0 Å². The molecule has 0 aliphatic carbocycles. The van der Waals surface area contributed by atoms with Crippen molar-refractivity contribution < 1.29 is 9.90 Å². The molecular weight excluding hydrogens is 258 g/mol. The summed E-state index contributed by atoms with van der Waals surface area (Å²) in [6, 6.07) is 5.90. The van der Waals surface area contributed by atoms with Gasteiger partial charge in [0.25, 0.3) is 0 Å². The normalized spacial score (nSPS) is 10.8. The van der Waals surface area contributed by atoms with Crippen molar-refractivity contribution >= 4 is 32.8 Å². The van der Waals surface area contributed by atoms with Crippen LogP contribution in [0, 0.1) is 6.92 Å². The van der Waals surface area contributed by atoms with E-state index in [0.717, 1.165) is 20.9 Å². The molecule has 15 heavy (non-hydrogen) atoms. The van der Waals surface area contributed by atoms with E-state index in [9.17, 15) is 4.79 Å². The van der Waals surface area contributed by atoms with Gasteiger partial charge in [-0.15, -0.1) is 0 Å². The molecule has 0 aliphatic rings. The Morgan fingerprint density at radius 2 is 2.27 bits per heavy atom. The average Bonchev–Trinajstić information content (AvgIpc) is 2.46. The van der Waals surface area contributed by atoms with E-state index in [-0.39, 0.29) is 6.54 Å². The molecule has 0 saturated carbocycles. The summed E-state index contributed by atoms with van der Waals surface area (Å²) in [6.45, 7) is 1.98. The molecule has 0 spiro atoms. The van der Waals surface area contributed by atoms with Crippen LogP contribution in [0.5, 0.6) is 0 Å². The Labute approximate surface area is 95.5 Å². The summed E-state index contributed by atoms with van der Waals surface area (Å²) < 4.78 is 2.76. The van der Waals surface area contributed by atoms with Crippen molar-refractivity contribution in [2.45, 2.75) is 13.5 Å². The lowest BCUT2D eigenvalue weighted by molar-refractivity contribution is -0.137. The molecule has 2 rings (SSSR count). The standard InChI is InChI=1S/C11H10BrNO2/c1-7-4-9(12)5-8-2-3-13(11(7)8)6-10(14)15/h2-5H,6H2,1H3,(H,14,15). The molecular formula is C11H10BrNO2. The van der Waals surface area contributed by atoms with Crippen LogP contribution in [0.2, 0.25) is 0 Å². The van der Waals surface area contributed by atoms with Gasteiger partial charge in [-0.25, -0.2) is 0 Å². The molecule has 1 aromatic heterocycles. The summed E-state index contributed by atoms with van der Waals surface area (Å²) >= 11 is 3.42. The third kappa shape index (κ3) is 1.90. The smallest absolute Gasteiger partial charge is 0.323 e. The van der Waals surface area contributed by atoms with Gasteiger partial charge in [-0.1, -0.05) is 15.9 Å². The summed E-state index contributed by atoms with van der Waals surface area (Å²) in [4.78, 5) is 10.7. The Kier molecular flexibility index (Phi) is 2.52. The number of rotatable bonds is 2. The highest BCUT2D eigenvalue weighted by Gasteiger charge is 2.07. The molecule has 2 aromatic rings. The lowest BCUT2D eigenvalue weighted by atomic mass is 10.2. The van der Waals surface area contributed by atoms with Crippen molar-refractivity contribution in [1.82, 2.24) is 4.57 Å². The van der Waals surface area contributed by atoms with Gasteiger partial charge in [0, 0.05) is 16.1 Å².